The van der Waals surface area contributed by atoms with E-state index in [1.165, 1.54) is 23.5 Å². The number of nitrogens with one attached hydrogen (secondary N) is 2. The average molecular weight is 654 g/mol. The average Bonchev–Trinajstić information content (AvgIpc) is 3.82. The van der Waals surface area contributed by atoms with Crippen LogP contribution in [0.3, 0.4) is 0 Å². The molecule has 4 aromatic heterocycles. The van der Waals surface area contributed by atoms with E-state index in [4.69, 9.17) is 15.3 Å². The van der Waals surface area contributed by atoms with E-state index in [0.29, 0.717) is 10.6 Å². The SMILES string of the molecule is CCO.Cc1ccc(O)cc1C(=O)O.O=C(Nc1cn(C2CCCCC2)nc1-c1nc(F)ccc1F)c1csc(-c2cn[nH]c2)n1. The first kappa shape index (κ1) is 33.9. The number of halogens is 2. The maximum Gasteiger partial charge on any atom is 0.336 e. The number of anilines is 1. The van der Waals surface area contributed by atoms with Crippen molar-refractivity contribution in [3.63, 3.8) is 0 Å². The van der Waals surface area contributed by atoms with Gasteiger partial charge in [-0.3, -0.25) is 14.6 Å². The molecule has 1 aliphatic rings. The molecule has 12 nitrogen and oxygen atoms in total. The van der Waals surface area contributed by atoms with E-state index in [1.54, 1.807) is 48.6 Å². The standard InChI is InChI=1S/C21H19F2N7OS.C8H8O3.C2H6O/c22-14-6-7-17(23)28-18(14)19-15(10-30(29-19)13-4-2-1-3-5-13)26-20(31)16-11-32-21(27-16)12-8-24-25-9-12;1-5-2-3-6(9)4-7(5)8(10)11;1-2-3/h6-11,13H,1-5H2,(H,24,25)(H,26,31);2-4,9H,1H3,(H,10,11);3H,2H2,1H3. The van der Waals surface area contributed by atoms with Gasteiger partial charge in [0.25, 0.3) is 5.91 Å². The summed E-state index contributed by atoms with van der Waals surface area (Å²) >= 11 is 1.30. The minimum atomic E-state index is -1.02. The monoisotopic (exact) mass is 653 g/mol. The molecule has 4 heterocycles. The maximum atomic E-state index is 14.5. The number of hydrogen-bond acceptors (Lipinski definition) is 9. The molecular formula is C31H33F2N7O5S. The van der Waals surface area contributed by atoms with Crippen LogP contribution in [0.1, 0.15) is 71.5 Å². The number of H-pyrrole nitrogens is 1. The van der Waals surface area contributed by atoms with Crippen molar-refractivity contribution in [2.45, 2.75) is 52.0 Å². The van der Waals surface area contributed by atoms with Crippen LogP contribution in [0.4, 0.5) is 14.5 Å². The molecule has 46 heavy (non-hydrogen) atoms. The molecule has 5 aromatic rings. The van der Waals surface area contributed by atoms with Gasteiger partial charge in [0.1, 0.15) is 27.8 Å². The number of aromatic hydroxyl groups is 1. The largest absolute Gasteiger partial charge is 0.508 e. The molecule has 6 rings (SSSR count). The Balaban J connectivity index is 0.000000287. The third-order valence-electron chi connectivity index (χ3n) is 6.90. The number of nitrogens with zero attached hydrogens (tertiary/aromatic N) is 5. The van der Waals surface area contributed by atoms with Crippen LogP contribution in [0.25, 0.3) is 22.0 Å². The lowest BCUT2D eigenvalue weighted by molar-refractivity contribution is 0.0695. The molecule has 1 aliphatic carbocycles. The predicted octanol–water partition coefficient (Wildman–Crippen LogP) is 6.22. The normalized spacial score (nSPS) is 12.8. The number of carbonyl (C=O) groups excluding carboxylic acids is 1. The van der Waals surface area contributed by atoms with Gasteiger partial charge in [-0.1, -0.05) is 25.3 Å². The van der Waals surface area contributed by atoms with Crippen LogP contribution < -0.4 is 5.32 Å². The van der Waals surface area contributed by atoms with Crippen LogP contribution in [0.15, 0.2) is 54.3 Å². The van der Waals surface area contributed by atoms with Gasteiger partial charge in [-0.25, -0.2) is 19.2 Å². The molecule has 5 N–H and O–H groups in total. The summed E-state index contributed by atoms with van der Waals surface area (Å²) in [6.07, 6.45) is 10.2. The Hall–Kier alpha value is -5.02. The second-order valence-electron chi connectivity index (χ2n) is 10.2. The number of aliphatic hydroxyl groups excluding tert-OH is 1. The highest BCUT2D eigenvalue weighted by atomic mass is 32.1. The Bertz CT molecular complexity index is 1770. The molecule has 1 aromatic carbocycles. The molecule has 1 amide bonds. The highest BCUT2D eigenvalue weighted by Gasteiger charge is 2.24. The lowest BCUT2D eigenvalue weighted by atomic mass is 9.96. The van der Waals surface area contributed by atoms with Crippen LogP contribution in [0.2, 0.25) is 0 Å². The number of carboxylic acid groups (broad SMARTS) is 1. The Morgan fingerprint density at radius 1 is 1.11 bits per heavy atom. The van der Waals surface area contributed by atoms with E-state index in [2.05, 4.69) is 30.6 Å². The number of carboxylic acids is 1. The zero-order chi connectivity index (χ0) is 33.2. The molecule has 0 aliphatic heterocycles. The first-order valence-corrected chi connectivity index (χ1v) is 15.3. The van der Waals surface area contributed by atoms with E-state index in [-0.39, 0.29) is 46.7 Å². The fourth-order valence-electron chi connectivity index (χ4n) is 4.68. The Morgan fingerprint density at radius 2 is 1.85 bits per heavy atom. The molecule has 242 valence electrons. The second kappa shape index (κ2) is 15.8. The van der Waals surface area contributed by atoms with Gasteiger partial charge in [0.05, 0.1) is 23.5 Å². The third kappa shape index (κ3) is 8.57. The van der Waals surface area contributed by atoms with Crippen molar-refractivity contribution in [1.29, 1.82) is 0 Å². The minimum absolute atomic E-state index is 0.0204. The number of phenols is 1. The number of benzene rings is 1. The molecular weight excluding hydrogens is 620 g/mol. The van der Waals surface area contributed by atoms with Gasteiger partial charge in [0.15, 0.2) is 5.82 Å². The number of phenolic OH excluding ortho intramolecular Hbond substituents is 1. The van der Waals surface area contributed by atoms with Gasteiger partial charge in [-0.05, 0) is 56.5 Å². The quantitative estimate of drug-likeness (QED) is 0.133. The zero-order valence-electron chi connectivity index (χ0n) is 25.1. The maximum absolute atomic E-state index is 14.5. The van der Waals surface area contributed by atoms with Crippen molar-refractivity contribution >= 4 is 28.9 Å². The highest BCUT2D eigenvalue weighted by Crippen LogP contribution is 2.34. The van der Waals surface area contributed by atoms with Gasteiger partial charge in [-0.15, -0.1) is 11.3 Å². The number of thiazole rings is 1. The Labute approximate surface area is 266 Å². The number of carbonyl (C=O) groups is 2. The number of rotatable bonds is 6. The van der Waals surface area contributed by atoms with E-state index >= 15 is 0 Å². The van der Waals surface area contributed by atoms with Crippen molar-refractivity contribution < 1.29 is 33.7 Å². The molecule has 0 bridgehead atoms. The summed E-state index contributed by atoms with van der Waals surface area (Å²) in [5.41, 5.74) is 1.87. The Morgan fingerprint density at radius 3 is 2.50 bits per heavy atom. The van der Waals surface area contributed by atoms with Gasteiger partial charge < -0.3 is 20.6 Å². The minimum Gasteiger partial charge on any atom is -0.508 e. The second-order valence-corrected chi connectivity index (χ2v) is 11.1. The van der Waals surface area contributed by atoms with Gasteiger partial charge in [-0.2, -0.15) is 14.6 Å². The smallest absolute Gasteiger partial charge is 0.336 e. The van der Waals surface area contributed by atoms with E-state index in [1.807, 2.05) is 0 Å². The van der Waals surface area contributed by atoms with E-state index in [0.717, 1.165) is 49.8 Å². The summed E-state index contributed by atoms with van der Waals surface area (Å²) in [6.45, 7) is 3.61. The fourth-order valence-corrected chi connectivity index (χ4v) is 5.46. The molecule has 1 fully saturated rings. The number of hydrogen-bond donors (Lipinski definition) is 5. The number of aromatic carboxylic acids is 1. The number of pyridine rings is 1. The van der Waals surface area contributed by atoms with Crippen LogP contribution in [-0.4, -0.2) is 63.7 Å². The molecule has 0 atom stereocenters. The molecule has 0 radical (unpaired) electrons. The van der Waals surface area contributed by atoms with E-state index in [9.17, 15) is 18.4 Å². The summed E-state index contributed by atoms with van der Waals surface area (Å²) in [5, 5.41) is 41.2. The van der Waals surface area contributed by atoms with E-state index < -0.39 is 23.6 Å². The van der Waals surface area contributed by atoms with Crippen LogP contribution >= 0.6 is 11.3 Å². The Kier molecular flexibility index (Phi) is 11.6. The topological polar surface area (TPSA) is 179 Å². The lowest BCUT2D eigenvalue weighted by Gasteiger charge is -2.21. The fraction of sp³-hybridized carbons (Fsp3) is 0.290. The summed E-state index contributed by atoms with van der Waals surface area (Å²) in [6, 6.07) is 6.34. The van der Waals surface area contributed by atoms with Crippen LogP contribution in [0, 0.1) is 18.7 Å². The number of amides is 1. The number of aromatic amines is 1. The molecule has 15 heteroatoms. The number of aliphatic hydroxyl groups is 1. The summed E-state index contributed by atoms with van der Waals surface area (Å²) < 4.78 is 30.0. The molecule has 0 unspecified atom stereocenters. The number of aryl methyl sites for hydroxylation is 1. The van der Waals surface area contributed by atoms with Crippen molar-refractivity contribution in [3.05, 3.63) is 82.9 Å². The van der Waals surface area contributed by atoms with Crippen molar-refractivity contribution in [2.75, 3.05) is 11.9 Å². The summed E-state index contributed by atoms with van der Waals surface area (Å²) in [7, 11) is 0. The first-order chi connectivity index (χ1) is 22.1. The van der Waals surface area contributed by atoms with Gasteiger partial charge in [0.2, 0.25) is 5.95 Å². The first-order valence-electron chi connectivity index (χ1n) is 14.4. The third-order valence-corrected chi connectivity index (χ3v) is 7.79. The van der Waals surface area contributed by atoms with Gasteiger partial charge in [0, 0.05) is 29.9 Å². The van der Waals surface area contributed by atoms with Crippen LogP contribution in [-0.2, 0) is 0 Å². The predicted molar refractivity (Wildman–Crippen MR) is 168 cm³/mol. The molecule has 1 saturated carbocycles. The molecule has 0 spiro atoms. The van der Waals surface area contributed by atoms with Crippen molar-refractivity contribution in [1.82, 2.24) is 29.9 Å². The van der Waals surface area contributed by atoms with Crippen molar-refractivity contribution in [2.24, 2.45) is 0 Å². The number of aromatic nitrogens is 6. The van der Waals surface area contributed by atoms with Gasteiger partial charge >= 0.3 is 5.97 Å². The van der Waals surface area contributed by atoms with Crippen molar-refractivity contribution in [3.8, 4) is 27.7 Å². The van der Waals surface area contributed by atoms with Crippen LogP contribution in [0.5, 0.6) is 5.75 Å². The lowest BCUT2D eigenvalue weighted by Crippen LogP contribution is -2.14. The summed E-state index contributed by atoms with van der Waals surface area (Å²) in [5.74, 6) is -3.05. The zero-order valence-corrected chi connectivity index (χ0v) is 25.9. The summed E-state index contributed by atoms with van der Waals surface area (Å²) in [4.78, 5) is 31.4. The molecule has 0 saturated heterocycles. The highest BCUT2D eigenvalue weighted by molar-refractivity contribution is 7.13.